The zero-order valence-corrected chi connectivity index (χ0v) is 22.1. The lowest BCUT2D eigenvalue weighted by Crippen LogP contribution is -2.49. The summed E-state index contributed by atoms with van der Waals surface area (Å²) in [4.78, 5) is 27.4. The summed E-state index contributed by atoms with van der Waals surface area (Å²) in [5.41, 5.74) is 1.19. The lowest BCUT2D eigenvalue weighted by molar-refractivity contribution is -0.140. The molecule has 0 aliphatic rings. The second-order valence-electron chi connectivity index (χ2n) is 8.37. The summed E-state index contributed by atoms with van der Waals surface area (Å²) in [5, 5.41) is 3.83. The van der Waals surface area contributed by atoms with E-state index in [1.165, 1.54) is 9.21 Å². The third-order valence-electron chi connectivity index (χ3n) is 5.16. The third-order valence-corrected chi connectivity index (χ3v) is 6.98. The predicted molar refractivity (Wildman–Crippen MR) is 138 cm³/mol. The van der Waals surface area contributed by atoms with Crippen molar-refractivity contribution in [2.75, 3.05) is 17.1 Å². The molecule has 0 aliphatic carbocycles. The van der Waals surface area contributed by atoms with Gasteiger partial charge in [0.1, 0.15) is 6.04 Å². The molecule has 1 N–H and O–H groups in total. The van der Waals surface area contributed by atoms with Crippen LogP contribution in [0.2, 0.25) is 10.0 Å². The van der Waals surface area contributed by atoms with Gasteiger partial charge in [0.25, 0.3) is 0 Å². The van der Waals surface area contributed by atoms with Crippen molar-refractivity contribution in [3.63, 3.8) is 0 Å². The van der Waals surface area contributed by atoms with Crippen molar-refractivity contribution in [3.8, 4) is 0 Å². The Bertz CT molecular complexity index is 1090. The van der Waals surface area contributed by atoms with E-state index in [9.17, 15) is 18.0 Å². The van der Waals surface area contributed by atoms with Crippen LogP contribution in [0.4, 0.5) is 5.69 Å². The highest BCUT2D eigenvalue weighted by Crippen LogP contribution is 2.22. The molecular weight excluding hydrogens is 497 g/mol. The number of amides is 2. The van der Waals surface area contributed by atoms with Crippen molar-refractivity contribution in [1.82, 2.24) is 10.2 Å². The number of hydrogen-bond donors (Lipinski definition) is 1. The van der Waals surface area contributed by atoms with Crippen LogP contribution in [0.25, 0.3) is 0 Å². The number of benzene rings is 2. The molecule has 0 bridgehead atoms. The van der Waals surface area contributed by atoms with Crippen molar-refractivity contribution in [2.24, 2.45) is 0 Å². The van der Waals surface area contributed by atoms with Gasteiger partial charge in [-0.3, -0.25) is 13.9 Å². The number of carbonyl (C=O) groups is 2. The van der Waals surface area contributed by atoms with Crippen molar-refractivity contribution >= 4 is 50.7 Å². The highest BCUT2D eigenvalue weighted by atomic mass is 35.5. The molecular formula is C24H31Cl2N3O4S. The van der Waals surface area contributed by atoms with E-state index in [0.717, 1.165) is 11.8 Å². The van der Waals surface area contributed by atoms with Gasteiger partial charge in [-0.1, -0.05) is 41.4 Å². The molecule has 2 amide bonds. The van der Waals surface area contributed by atoms with Gasteiger partial charge >= 0.3 is 0 Å². The van der Waals surface area contributed by atoms with Gasteiger partial charge in [-0.15, -0.1) is 0 Å². The SMILES string of the molecule is CC(C)NC(=O)[C@H](C)N(Cc1ccccc1Cl)C(=O)CCCN(c1ccc(Cl)cc1)S(C)(=O)=O. The van der Waals surface area contributed by atoms with Crippen LogP contribution in [-0.2, 0) is 26.2 Å². The fourth-order valence-electron chi connectivity index (χ4n) is 3.41. The molecule has 0 aromatic heterocycles. The molecule has 0 saturated heterocycles. The predicted octanol–water partition coefficient (Wildman–Crippen LogP) is 4.48. The van der Waals surface area contributed by atoms with Crippen molar-refractivity contribution < 1.29 is 18.0 Å². The van der Waals surface area contributed by atoms with E-state index < -0.39 is 16.1 Å². The molecule has 0 radical (unpaired) electrons. The van der Waals surface area contributed by atoms with Crippen molar-refractivity contribution in [1.29, 1.82) is 0 Å². The van der Waals surface area contributed by atoms with Crippen LogP contribution in [0, 0.1) is 0 Å². The van der Waals surface area contributed by atoms with Gasteiger partial charge in [0.15, 0.2) is 0 Å². The molecule has 0 fully saturated rings. The molecule has 2 aromatic rings. The molecule has 7 nitrogen and oxygen atoms in total. The van der Waals surface area contributed by atoms with Crippen LogP contribution in [0.5, 0.6) is 0 Å². The van der Waals surface area contributed by atoms with Crippen LogP contribution in [0.3, 0.4) is 0 Å². The Kier molecular flexibility index (Phi) is 10.2. The minimum atomic E-state index is -3.56. The van der Waals surface area contributed by atoms with Crippen molar-refractivity contribution in [2.45, 2.75) is 52.2 Å². The lowest BCUT2D eigenvalue weighted by Gasteiger charge is -2.30. The fourth-order valence-corrected chi connectivity index (χ4v) is 4.70. The first-order chi connectivity index (χ1) is 15.9. The molecule has 1 atom stereocenters. The summed E-state index contributed by atoms with van der Waals surface area (Å²) in [5.74, 6) is -0.537. The minimum absolute atomic E-state index is 0.0589. The highest BCUT2D eigenvalue weighted by molar-refractivity contribution is 7.92. The monoisotopic (exact) mass is 527 g/mol. The Labute approximate surface area is 212 Å². The number of hydrogen-bond acceptors (Lipinski definition) is 4. The van der Waals surface area contributed by atoms with E-state index in [-0.39, 0.29) is 43.8 Å². The van der Waals surface area contributed by atoms with Gasteiger partial charge < -0.3 is 10.2 Å². The number of sulfonamides is 1. The second kappa shape index (κ2) is 12.4. The molecule has 2 rings (SSSR count). The third kappa shape index (κ3) is 8.18. The number of anilines is 1. The van der Waals surface area contributed by atoms with Crippen LogP contribution < -0.4 is 9.62 Å². The summed E-state index contributed by atoms with van der Waals surface area (Å²) in [7, 11) is -3.56. The summed E-state index contributed by atoms with van der Waals surface area (Å²) >= 11 is 12.2. The summed E-state index contributed by atoms with van der Waals surface area (Å²) < 4.78 is 25.9. The molecule has 2 aromatic carbocycles. The molecule has 34 heavy (non-hydrogen) atoms. The summed E-state index contributed by atoms with van der Waals surface area (Å²) in [6, 6.07) is 12.8. The second-order valence-corrected chi connectivity index (χ2v) is 11.1. The topological polar surface area (TPSA) is 86.8 Å². The Morgan fingerprint density at radius 1 is 1.00 bits per heavy atom. The van der Waals surface area contributed by atoms with Gasteiger partial charge in [0, 0.05) is 35.6 Å². The van der Waals surface area contributed by atoms with Crippen molar-refractivity contribution in [3.05, 3.63) is 64.1 Å². The molecule has 10 heteroatoms. The van der Waals surface area contributed by atoms with E-state index in [0.29, 0.717) is 15.7 Å². The average molecular weight is 529 g/mol. The molecule has 186 valence electrons. The Morgan fingerprint density at radius 3 is 2.18 bits per heavy atom. The van der Waals surface area contributed by atoms with E-state index in [1.807, 2.05) is 26.0 Å². The zero-order valence-electron chi connectivity index (χ0n) is 19.8. The first kappa shape index (κ1) is 28.0. The maximum atomic E-state index is 13.2. The minimum Gasteiger partial charge on any atom is -0.352 e. The van der Waals surface area contributed by atoms with Gasteiger partial charge in [-0.05, 0) is 63.1 Å². The number of rotatable bonds is 11. The summed E-state index contributed by atoms with van der Waals surface area (Å²) in [6.45, 7) is 5.64. The zero-order chi connectivity index (χ0) is 25.5. The lowest BCUT2D eigenvalue weighted by atomic mass is 10.1. The first-order valence-electron chi connectivity index (χ1n) is 11.0. The van der Waals surface area contributed by atoms with E-state index in [1.54, 1.807) is 43.3 Å². The Morgan fingerprint density at radius 2 is 1.62 bits per heavy atom. The average Bonchev–Trinajstić information content (AvgIpc) is 2.75. The molecule has 0 unspecified atom stereocenters. The highest BCUT2D eigenvalue weighted by Gasteiger charge is 2.27. The van der Waals surface area contributed by atoms with Gasteiger partial charge in [-0.25, -0.2) is 8.42 Å². The van der Waals surface area contributed by atoms with E-state index in [2.05, 4.69) is 5.32 Å². The number of halogens is 2. The van der Waals surface area contributed by atoms with Gasteiger partial charge in [-0.2, -0.15) is 0 Å². The fraction of sp³-hybridized carbons (Fsp3) is 0.417. The van der Waals surface area contributed by atoms with E-state index in [4.69, 9.17) is 23.2 Å². The molecule has 0 spiro atoms. The first-order valence-corrected chi connectivity index (χ1v) is 13.6. The molecule has 0 aliphatic heterocycles. The maximum absolute atomic E-state index is 13.2. The van der Waals surface area contributed by atoms with Crippen LogP contribution in [-0.4, -0.2) is 50.0 Å². The smallest absolute Gasteiger partial charge is 0.242 e. The molecule has 0 saturated carbocycles. The summed E-state index contributed by atoms with van der Waals surface area (Å²) in [6.07, 6.45) is 1.45. The largest absolute Gasteiger partial charge is 0.352 e. The Hall–Kier alpha value is -2.29. The van der Waals surface area contributed by atoms with Gasteiger partial charge in [0.2, 0.25) is 21.8 Å². The standard InChI is InChI=1S/C24H31Cl2N3O4S/c1-17(2)27-24(31)18(3)28(16-19-8-5-6-9-22(19)26)23(30)10-7-15-29(34(4,32)33)21-13-11-20(25)12-14-21/h5-6,8-9,11-14,17-18H,7,10,15-16H2,1-4H3,(H,27,31)/t18-/m0/s1. The number of carbonyl (C=O) groups excluding carboxylic acids is 2. The Balaban J connectivity index is 2.17. The maximum Gasteiger partial charge on any atom is 0.242 e. The van der Waals surface area contributed by atoms with Crippen LogP contribution in [0.15, 0.2) is 48.5 Å². The normalized spacial score (nSPS) is 12.3. The van der Waals surface area contributed by atoms with Crippen LogP contribution >= 0.6 is 23.2 Å². The molecule has 0 heterocycles. The number of nitrogens with one attached hydrogen (secondary N) is 1. The van der Waals surface area contributed by atoms with Crippen LogP contribution in [0.1, 0.15) is 39.2 Å². The number of nitrogens with zero attached hydrogens (tertiary/aromatic N) is 2. The quantitative estimate of drug-likeness (QED) is 0.466. The van der Waals surface area contributed by atoms with E-state index >= 15 is 0 Å². The van der Waals surface area contributed by atoms with Gasteiger partial charge in [0.05, 0.1) is 11.9 Å².